The van der Waals surface area contributed by atoms with Gasteiger partial charge in [-0.05, 0) is 54.5 Å². The Balaban J connectivity index is 1.51. The van der Waals surface area contributed by atoms with E-state index in [9.17, 15) is 4.39 Å². The molecule has 2 aromatic rings. The first kappa shape index (κ1) is 18.5. The predicted octanol–water partition coefficient (Wildman–Crippen LogP) is 3.57. The first-order valence-corrected chi connectivity index (χ1v) is 9.72. The van der Waals surface area contributed by atoms with Crippen LogP contribution < -0.4 is 15.4 Å². The number of ether oxygens (including phenoxy) is 1. The van der Waals surface area contributed by atoms with Gasteiger partial charge < -0.3 is 15.4 Å². The number of hydrogen-bond donors (Lipinski definition) is 2. The lowest BCUT2D eigenvalue weighted by Gasteiger charge is -2.15. The molecule has 0 aliphatic carbocycles. The van der Waals surface area contributed by atoms with Gasteiger partial charge in [-0.3, -0.25) is 4.99 Å². The Morgan fingerprint density at radius 2 is 2.15 bits per heavy atom. The fourth-order valence-corrected chi connectivity index (χ4v) is 3.86. The summed E-state index contributed by atoms with van der Waals surface area (Å²) in [5.74, 6) is 2.77. The number of aromatic nitrogens is 1. The molecule has 0 amide bonds. The number of nitrogens with one attached hydrogen (secondary N) is 2. The summed E-state index contributed by atoms with van der Waals surface area (Å²) in [6, 6.07) is 9.66. The lowest BCUT2D eigenvalue weighted by Crippen LogP contribution is -2.39. The third-order valence-electron chi connectivity index (χ3n) is 4.04. The van der Waals surface area contributed by atoms with Crippen molar-refractivity contribution in [3.63, 3.8) is 0 Å². The lowest BCUT2D eigenvalue weighted by molar-refractivity contribution is 0.460. The molecule has 1 aliphatic heterocycles. The maximum Gasteiger partial charge on any atom is 0.219 e. The summed E-state index contributed by atoms with van der Waals surface area (Å²) in [4.78, 5) is 8.47. The summed E-state index contributed by atoms with van der Waals surface area (Å²) in [5.41, 5.74) is 1.02. The van der Waals surface area contributed by atoms with E-state index < -0.39 is 0 Å². The molecule has 1 atom stereocenters. The quantitative estimate of drug-likeness (QED) is 0.598. The van der Waals surface area contributed by atoms with Gasteiger partial charge >= 0.3 is 0 Å². The maximum absolute atomic E-state index is 13.0. The van der Waals surface area contributed by atoms with Crippen LogP contribution in [-0.4, -0.2) is 35.5 Å². The van der Waals surface area contributed by atoms with Crippen molar-refractivity contribution in [2.45, 2.75) is 24.6 Å². The molecule has 138 valence electrons. The van der Waals surface area contributed by atoms with E-state index in [1.807, 2.05) is 23.9 Å². The molecule has 2 heterocycles. The molecule has 1 aromatic carbocycles. The fourth-order valence-electron chi connectivity index (χ4n) is 2.66. The minimum absolute atomic E-state index is 0.293. The van der Waals surface area contributed by atoms with E-state index in [4.69, 9.17) is 4.74 Å². The summed E-state index contributed by atoms with van der Waals surface area (Å²) < 4.78 is 18.6. The highest BCUT2D eigenvalue weighted by Crippen LogP contribution is 2.25. The fraction of sp³-hybridized carbons (Fsp3) is 0.368. The van der Waals surface area contributed by atoms with Crippen molar-refractivity contribution in [2.24, 2.45) is 4.99 Å². The van der Waals surface area contributed by atoms with E-state index in [0.717, 1.165) is 18.1 Å². The average Bonchev–Trinajstić information content (AvgIpc) is 3.18. The van der Waals surface area contributed by atoms with E-state index in [1.54, 1.807) is 25.4 Å². The van der Waals surface area contributed by atoms with Crippen LogP contribution >= 0.6 is 11.8 Å². The van der Waals surface area contributed by atoms with Gasteiger partial charge in [0.15, 0.2) is 5.96 Å². The monoisotopic (exact) mass is 374 g/mol. The number of thioether (sulfide) groups is 1. The molecular formula is C19H23FN4OS. The van der Waals surface area contributed by atoms with Gasteiger partial charge in [-0.25, -0.2) is 9.37 Å². The zero-order valence-electron chi connectivity index (χ0n) is 14.7. The maximum atomic E-state index is 13.0. The topological polar surface area (TPSA) is 58.5 Å². The highest BCUT2D eigenvalue weighted by molar-refractivity contribution is 8.00. The standard InChI is InChI=1S/C19H23FN4OS/c1-21-19(24-13-17-3-2-10-26-17)23-12-14-8-9-22-18(11-14)25-16-6-4-15(20)5-7-16/h4-9,11,17H,2-3,10,12-13H2,1H3,(H2,21,23,24). The van der Waals surface area contributed by atoms with E-state index >= 15 is 0 Å². The van der Waals surface area contributed by atoms with Gasteiger partial charge in [0.1, 0.15) is 11.6 Å². The molecule has 1 unspecified atom stereocenters. The summed E-state index contributed by atoms with van der Waals surface area (Å²) in [7, 11) is 1.77. The van der Waals surface area contributed by atoms with Crippen LogP contribution in [0.5, 0.6) is 11.6 Å². The number of aliphatic imine (C=N–C) groups is 1. The molecular weight excluding hydrogens is 351 g/mol. The number of rotatable bonds is 6. The molecule has 0 bridgehead atoms. The van der Waals surface area contributed by atoms with Gasteiger partial charge in [0, 0.05) is 37.7 Å². The minimum Gasteiger partial charge on any atom is -0.439 e. The van der Waals surface area contributed by atoms with Crippen LogP contribution in [0.4, 0.5) is 4.39 Å². The molecule has 1 aliphatic rings. The van der Waals surface area contributed by atoms with Crippen molar-refractivity contribution in [1.82, 2.24) is 15.6 Å². The molecule has 5 nitrogen and oxygen atoms in total. The van der Waals surface area contributed by atoms with Crippen LogP contribution in [0.15, 0.2) is 47.6 Å². The first-order valence-electron chi connectivity index (χ1n) is 8.67. The third-order valence-corrected chi connectivity index (χ3v) is 5.44. The first-order chi connectivity index (χ1) is 12.7. The van der Waals surface area contributed by atoms with Crippen molar-refractivity contribution in [3.8, 4) is 11.6 Å². The summed E-state index contributed by atoms with van der Waals surface area (Å²) in [5, 5.41) is 7.35. The van der Waals surface area contributed by atoms with Crippen LogP contribution in [0.3, 0.4) is 0 Å². The predicted molar refractivity (Wildman–Crippen MR) is 104 cm³/mol. The molecule has 1 fully saturated rings. The molecule has 3 rings (SSSR count). The Kier molecular flexibility index (Phi) is 6.71. The van der Waals surface area contributed by atoms with Crippen molar-refractivity contribution < 1.29 is 9.13 Å². The Morgan fingerprint density at radius 3 is 2.88 bits per heavy atom. The van der Waals surface area contributed by atoms with E-state index in [0.29, 0.717) is 23.4 Å². The highest BCUT2D eigenvalue weighted by atomic mass is 32.2. The van der Waals surface area contributed by atoms with Crippen molar-refractivity contribution in [1.29, 1.82) is 0 Å². The van der Waals surface area contributed by atoms with Crippen LogP contribution in [-0.2, 0) is 6.54 Å². The van der Waals surface area contributed by atoms with Gasteiger partial charge in [0.05, 0.1) is 0 Å². The van der Waals surface area contributed by atoms with E-state index in [1.165, 1.54) is 30.7 Å². The Labute approximate surface area is 157 Å². The molecule has 2 N–H and O–H groups in total. The second-order valence-electron chi connectivity index (χ2n) is 6.00. The van der Waals surface area contributed by atoms with Gasteiger partial charge in [-0.15, -0.1) is 0 Å². The zero-order valence-corrected chi connectivity index (χ0v) is 15.6. The molecule has 0 radical (unpaired) electrons. The molecule has 0 saturated carbocycles. The lowest BCUT2D eigenvalue weighted by atomic mass is 10.2. The zero-order chi connectivity index (χ0) is 18.2. The third kappa shape index (κ3) is 5.62. The number of guanidine groups is 1. The average molecular weight is 374 g/mol. The Hall–Kier alpha value is -2.28. The molecule has 1 aromatic heterocycles. The molecule has 7 heteroatoms. The second-order valence-corrected chi connectivity index (χ2v) is 7.41. The SMILES string of the molecule is CN=C(NCc1ccnc(Oc2ccc(F)cc2)c1)NCC1CCCS1. The Bertz CT molecular complexity index is 733. The molecule has 0 spiro atoms. The number of benzene rings is 1. The van der Waals surface area contributed by atoms with Crippen LogP contribution in [0, 0.1) is 5.82 Å². The van der Waals surface area contributed by atoms with Crippen LogP contribution in [0.25, 0.3) is 0 Å². The van der Waals surface area contributed by atoms with Gasteiger partial charge in [-0.2, -0.15) is 11.8 Å². The minimum atomic E-state index is -0.293. The summed E-state index contributed by atoms with van der Waals surface area (Å²) in [6.45, 7) is 1.54. The van der Waals surface area contributed by atoms with Gasteiger partial charge in [-0.1, -0.05) is 0 Å². The van der Waals surface area contributed by atoms with Crippen LogP contribution in [0.1, 0.15) is 18.4 Å². The Morgan fingerprint density at radius 1 is 1.31 bits per heavy atom. The molecule has 26 heavy (non-hydrogen) atoms. The normalized spacial score (nSPS) is 17.2. The van der Waals surface area contributed by atoms with Crippen molar-refractivity contribution >= 4 is 17.7 Å². The highest BCUT2D eigenvalue weighted by Gasteiger charge is 2.15. The van der Waals surface area contributed by atoms with Crippen molar-refractivity contribution in [2.75, 3.05) is 19.3 Å². The van der Waals surface area contributed by atoms with E-state index in [-0.39, 0.29) is 5.82 Å². The summed E-state index contributed by atoms with van der Waals surface area (Å²) in [6.07, 6.45) is 4.27. The smallest absolute Gasteiger partial charge is 0.219 e. The van der Waals surface area contributed by atoms with Gasteiger partial charge in [0.25, 0.3) is 0 Å². The second kappa shape index (κ2) is 9.43. The van der Waals surface area contributed by atoms with Crippen LogP contribution in [0.2, 0.25) is 0 Å². The summed E-state index contributed by atoms with van der Waals surface area (Å²) >= 11 is 2.02. The van der Waals surface area contributed by atoms with E-state index in [2.05, 4.69) is 20.6 Å². The number of pyridine rings is 1. The van der Waals surface area contributed by atoms with Crippen molar-refractivity contribution in [3.05, 3.63) is 54.0 Å². The number of nitrogens with zero attached hydrogens (tertiary/aromatic N) is 2. The number of hydrogen-bond acceptors (Lipinski definition) is 4. The number of halogens is 1. The molecule has 1 saturated heterocycles. The van der Waals surface area contributed by atoms with Gasteiger partial charge in [0.2, 0.25) is 5.88 Å². The largest absolute Gasteiger partial charge is 0.439 e.